The number of benzene rings is 2. The smallest absolute Gasteiger partial charge is 0.109 e. The first-order chi connectivity index (χ1) is 29.7. The summed E-state index contributed by atoms with van der Waals surface area (Å²) in [4.78, 5) is 0. The molecule has 4 nitrogen and oxygen atoms in total. The van der Waals surface area contributed by atoms with E-state index >= 15 is 0 Å². The topological polar surface area (TPSA) is 38.2 Å². The first kappa shape index (κ1) is 37.1. The van der Waals surface area contributed by atoms with Gasteiger partial charge in [0.05, 0.1) is 6.17 Å². The first-order valence-corrected chi connectivity index (χ1v) is 23.9. The van der Waals surface area contributed by atoms with Crippen LogP contribution in [0.3, 0.4) is 0 Å². The van der Waals surface area contributed by atoms with Crippen LogP contribution in [-0.4, -0.2) is 22.9 Å². The van der Waals surface area contributed by atoms with Crippen LogP contribution in [0.4, 0.5) is 0 Å². The molecule has 0 spiro atoms. The van der Waals surface area contributed by atoms with Crippen molar-refractivity contribution < 1.29 is 4.74 Å². The number of allylic oxidation sites excluding steroid dienone is 11. The van der Waals surface area contributed by atoms with Crippen LogP contribution < -0.4 is 10.6 Å². The Morgan fingerprint density at radius 2 is 1.62 bits per heavy atom. The fourth-order valence-electron chi connectivity index (χ4n) is 13.1. The SMILES string of the molecule is C1=CC(c2cccc(C3CC(C4=CCC(C5=CCCC6OC7=C(CC(n8c9c(c%10ccccc%108)CCCC9)C8CCC=CC78)C56)C=C4)NC(C4=CCCC=C4)N3)c2)=CCC1. The number of nitrogens with zero attached hydrogens (tertiary/aromatic N) is 1. The summed E-state index contributed by atoms with van der Waals surface area (Å²) in [7, 11) is 0. The highest BCUT2D eigenvalue weighted by Crippen LogP contribution is 2.57. The second kappa shape index (κ2) is 15.7. The zero-order valence-corrected chi connectivity index (χ0v) is 35.2. The van der Waals surface area contributed by atoms with E-state index < -0.39 is 0 Å². The molecule has 9 aliphatic rings. The Morgan fingerprint density at radius 1 is 0.717 bits per heavy atom. The summed E-state index contributed by atoms with van der Waals surface area (Å²) in [6.45, 7) is 0. The second-order valence-electron chi connectivity index (χ2n) is 19.3. The summed E-state index contributed by atoms with van der Waals surface area (Å²) in [5, 5.41) is 9.66. The van der Waals surface area contributed by atoms with Crippen molar-refractivity contribution in [3.8, 4) is 0 Å². The zero-order chi connectivity index (χ0) is 39.6. The predicted molar refractivity (Wildman–Crippen MR) is 246 cm³/mol. The summed E-state index contributed by atoms with van der Waals surface area (Å²) < 4.78 is 10.1. The molecule has 0 saturated carbocycles. The molecule has 3 aromatic rings. The third kappa shape index (κ3) is 6.47. The molecule has 3 heterocycles. The lowest BCUT2D eigenvalue weighted by molar-refractivity contribution is 0.0791. The molecule has 1 fully saturated rings. The molecule has 2 aromatic carbocycles. The monoisotopic (exact) mass is 791 g/mol. The third-order valence-corrected chi connectivity index (χ3v) is 15.9. The number of para-hydroxylation sites is 1. The van der Waals surface area contributed by atoms with Crippen molar-refractivity contribution in [2.45, 2.75) is 127 Å². The molecule has 1 aromatic heterocycles. The van der Waals surface area contributed by atoms with Crippen molar-refractivity contribution in [1.82, 2.24) is 15.2 Å². The van der Waals surface area contributed by atoms with Gasteiger partial charge in [0.1, 0.15) is 11.9 Å². The van der Waals surface area contributed by atoms with Gasteiger partial charge in [0.25, 0.3) is 0 Å². The summed E-state index contributed by atoms with van der Waals surface area (Å²) in [6.07, 6.45) is 47.4. The average molecular weight is 792 g/mol. The molecule has 306 valence electrons. The number of aryl methyl sites for hydroxylation is 1. The minimum atomic E-state index is 0.123. The average Bonchev–Trinajstić information content (AvgIpc) is 3.88. The van der Waals surface area contributed by atoms with Gasteiger partial charge in [-0.1, -0.05) is 115 Å². The summed E-state index contributed by atoms with van der Waals surface area (Å²) in [6, 6.07) is 19.7. The van der Waals surface area contributed by atoms with E-state index in [-0.39, 0.29) is 24.4 Å². The maximum Gasteiger partial charge on any atom is 0.109 e. The molecule has 2 aliphatic heterocycles. The minimum absolute atomic E-state index is 0.123. The van der Waals surface area contributed by atoms with Crippen molar-refractivity contribution >= 4 is 16.5 Å². The number of rotatable bonds is 6. The molecule has 0 amide bonds. The Labute approximate surface area is 357 Å². The van der Waals surface area contributed by atoms with Gasteiger partial charge in [-0.05, 0) is 153 Å². The van der Waals surface area contributed by atoms with E-state index in [1.165, 1.54) is 83.0 Å². The van der Waals surface area contributed by atoms with Crippen molar-refractivity contribution in [3.63, 3.8) is 0 Å². The van der Waals surface area contributed by atoms with Gasteiger partial charge in [-0.15, -0.1) is 0 Å². The quantitative estimate of drug-likeness (QED) is 0.244. The highest BCUT2D eigenvalue weighted by Gasteiger charge is 2.51. The van der Waals surface area contributed by atoms with Gasteiger partial charge in [0.15, 0.2) is 0 Å². The highest BCUT2D eigenvalue weighted by atomic mass is 16.5. The number of hydrogen-bond donors (Lipinski definition) is 2. The Morgan fingerprint density at radius 3 is 2.50 bits per heavy atom. The Hall–Kier alpha value is -4.64. The number of hydrogen-bond acceptors (Lipinski definition) is 3. The number of fused-ring (bicyclic) bond motifs is 7. The van der Waals surface area contributed by atoms with Crippen LogP contribution in [0, 0.1) is 23.7 Å². The molecular weight excluding hydrogens is 731 g/mol. The van der Waals surface area contributed by atoms with Gasteiger partial charge in [-0.3, -0.25) is 10.6 Å². The van der Waals surface area contributed by atoms with Crippen LogP contribution in [0.25, 0.3) is 16.5 Å². The molecule has 0 bridgehead atoms. The van der Waals surface area contributed by atoms with Crippen LogP contribution in [0.15, 0.2) is 149 Å². The van der Waals surface area contributed by atoms with Gasteiger partial charge >= 0.3 is 0 Å². The number of aromatic nitrogens is 1. The van der Waals surface area contributed by atoms with E-state index in [9.17, 15) is 0 Å². The Balaban J connectivity index is 0.831. The molecule has 2 N–H and O–H groups in total. The summed E-state index contributed by atoms with van der Waals surface area (Å²) >= 11 is 0. The molecule has 7 aliphatic carbocycles. The van der Waals surface area contributed by atoms with Crippen molar-refractivity contribution in [2.24, 2.45) is 23.7 Å². The maximum atomic E-state index is 7.22. The van der Waals surface area contributed by atoms with Gasteiger partial charge in [-0.2, -0.15) is 0 Å². The van der Waals surface area contributed by atoms with Crippen LogP contribution in [0.2, 0.25) is 0 Å². The summed E-state index contributed by atoms with van der Waals surface area (Å²) in [5.74, 6) is 3.16. The van der Waals surface area contributed by atoms with E-state index in [4.69, 9.17) is 4.74 Å². The van der Waals surface area contributed by atoms with E-state index in [0.29, 0.717) is 29.7 Å². The van der Waals surface area contributed by atoms with Crippen molar-refractivity contribution in [3.05, 3.63) is 172 Å². The molecule has 60 heavy (non-hydrogen) atoms. The van der Waals surface area contributed by atoms with Crippen LogP contribution in [0.1, 0.15) is 118 Å². The van der Waals surface area contributed by atoms with Crippen molar-refractivity contribution in [1.29, 1.82) is 0 Å². The van der Waals surface area contributed by atoms with Crippen LogP contribution in [-0.2, 0) is 17.6 Å². The molecule has 12 rings (SSSR count). The number of ether oxygens (including phenoxy) is 1. The van der Waals surface area contributed by atoms with Gasteiger partial charge < -0.3 is 9.30 Å². The Bertz CT molecular complexity index is 2480. The fraction of sp³-hybridized carbons (Fsp3) is 0.429. The zero-order valence-electron chi connectivity index (χ0n) is 35.2. The second-order valence-corrected chi connectivity index (χ2v) is 19.3. The lowest BCUT2D eigenvalue weighted by Gasteiger charge is -2.42. The lowest BCUT2D eigenvalue weighted by Crippen LogP contribution is -2.56. The summed E-state index contributed by atoms with van der Waals surface area (Å²) in [5.41, 5.74) is 14.9. The van der Waals surface area contributed by atoms with Crippen LogP contribution in [0.5, 0.6) is 0 Å². The molecular formula is C56H61N3O. The molecule has 0 radical (unpaired) electrons. The predicted octanol–water partition coefficient (Wildman–Crippen LogP) is 12.6. The first-order valence-electron chi connectivity index (χ1n) is 23.9. The lowest BCUT2D eigenvalue weighted by atomic mass is 9.66. The normalized spacial score (nSPS) is 33.2. The molecule has 1 saturated heterocycles. The highest BCUT2D eigenvalue weighted by molar-refractivity contribution is 5.86. The molecule has 4 heteroatoms. The minimum Gasteiger partial charge on any atom is -0.493 e. The van der Waals surface area contributed by atoms with Gasteiger partial charge in [-0.25, -0.2) is 0 Å². The largest absolute Gasteiger partial charge is 0.493 e. The fourth-order valence-corrected chi connectivity index (χ4v) is 13.1. The van der Waals surface area contributed by atoms with E-state index in [0.717, 1.165) is 57.8 Å². The third-order valence-electron chi connectivity index (χ3n) is 15.9. The molecule has 9 unspecified atom stereocenters. The van der Waals surface area contributed by atoms with E-state index in [1.807, 2.05) is 0 Å². The van der Waals surface area contributed by atoms with E-state index in [2.05, 4.69) is 137 Å². The van der Waals surface area contributed by atoms with Crippen molar-refractivity contribution in [2.75, 3.05) is 0 Å². The van der Waals surface area contributed by atoms with Gasteiger partial charge in [0.2, 0.25) is 0 Å². The van der Waals surface area contributed by atoms with E-state index in [1.54, 1.807) is 22.4 Å². The Kier molecular flexibility index (Phi) is 9.71. The standard InChI is InChI=1S/C56H61N3O/c1-3-15-36(16-4-1)40-19-13-20-41(33-40)49-35-48(57-56(58-49)39-17-5-2-6-18-39)38-31-29-37(30-32-38)42-25-14-28-53-54(42)47-34-52(45-23-7-8-24-46(45)55(47)60-53)59-50-26-11-9-21-43(50)44-22-10-12-27-51(44)59/h3,5,8-9,11,13,15-21,24-26,29,31-33,37,45-46,48-49,52-54,56-58H,1-2,4,6-7,10,12,14,22-23,27-28,30,34-35H2. The number of nitrogens with one attached hydrogen (secondary N) is 2. The van der Waals surface area contributed by atoms with Crippen LogP contribution >= 0.6 is 0 Å². The maximum absolute atomic E-state index is 7.22. The molecule has 9 atom stereocenters. The van der Waals surface area contributed by atoms with Gasteiger partial charge in [0, 0.05) is 52.5 Å².